The molecule has 5 heteroatoms. The quantitative estimate of drug-likeness (QED) is 0.759. The molecule has 0 bridgehead atoms. The van der Waals surface area contributed by atoms with Crippen molar-refractivity contribution in [2.24, 2.45) is 0 Å². The molecule has 1 atom stereocenters. The maximum atomic E-state index is 6.15. The normalized spacial score (nSPS) is 12.7. The molecule has 0 aliphatic heterocycles. The summed E-state index contributed by atoms with van der Waals surface area (Å²) >= 11 is 12.3. The molecule has 0 saturated carbocycles. The smallest absolute Gasteiger partial charge is 0.259 e. The Morgan fingerprint density at radius 3 is 2.83 bits per heavy atom. The Balaban J connectivity index is 2.29. The second kappa shape index (κ2) is 5.72. The van der Waals surface area contributed by atoms with E-state index in [4.69, 9.17) is 27.7 Å². The number of alkyl halides is 1. The molecule has 3 nitrogen and oxygen atoms in total. The van der Waals surface area contributed by atoms with Gasteiger partial charge in [-0.15, -0.1) is 11.6 Å². The second-order valence-electron chi connectivity index (χ2n) is 4.20. The van der Waals surface area contributed by atoms with Crippen molar-refractivity contribution in [1.29, 1.82) is 0 Å². The molecular weight excluding hydrogens is 271 g/mol. The van der Waals surface area contributed by atoms with Crippen molar-refractivity contribution in [2.75, 3.05) is 0 Å². The van der Waals surface area contributed by atoms with Gasteiger partial charge in [-0.1, -0.05) is 36.2 Å². The third-order valence-electron chi connectivity index (χ3n) is 2.62. The zero-order valence-corrected chi connectivity index (χ0v) is 11.8. The Hall–Kier alpha value is -1.06. The molecule has 1 unspecified atom stereocenters. The van der Waals surface area contributed by atoms with Crippen LogP contribution in [0.5, 0.6) is 0 Å². The van der Waals surface area contributed by atoms with E-state index in [-0.39, 0.29) is 5.38 Å². The molecule has 0 spiro atoms. The minimum atomic E-state index is -0.211. The van der Waals surface area contributed by atoms with Crippen LogP contribution in [0, 0.1) is 6.92 Å². The van der Waals surface area contributed by atoms with Crippen molar-refractivity contribution in [1.82, 2.24) is 10.1 Å². The van der Waals surface area contributed by atoms with Crippen LogP contribution in [0.15, 0.2) is 22.7 Å². The van der Waals surface area contributed by atoms with Crippen LogP contribution in [-0.2, 0) is 0 Å². The summed E-state index contributed by atoms with van der Waals surface area (Å²) in [5, 5.41) is 4.29. The van der Waals surface area contributed by atoms with E-state index in [1.165, 1.54) is 0 Å². The number of hydrogen-bond donors (Lipinski definition) is 0. The van der Waals surface area contributed by atoms with Crippen molar-refractivity contribution < 1.29 is 4.52 Å². The van der Waals surface area contributed by atoms with Crippen molar-refractivity contribution in [3.05, 3.63) is 34.6 Å². The van der Waals surface area contributed by atoms with Gasteiger partial charge >= 0.3 is 0 Å². The average Bonchev–Trinajstić information content (AvgIpc) is 2.78. The predicted molar refractivity (Wildman–Crippen MR) is 73.0 cm³/mol. The zero-order valence-electron chi connectivity index (χ0n) is 10.3. The molecule has 1 aromatic heterocycles. The summed E-state index contributed by atoms with van der Waals surface area (Å²) in [6.45, 7) is 4.04. The van der Waals surface area contributed by atoms with Gasteiger partial charge in [0.15, 0.2) is 5.82 Å². The number of aryl methyl sites for hydroxylation is 1. The third kappa shape index (κ3) is 2.85. The first-order valence-corrected chi connectivity index (χ1v) is 6.67. The van der Waals surface area contributed by atoms with Crippen LogP contribution in [0.2, 0.25) is 5.02 Å². The highest BCUT2D eigenvalue weighted by molar-refractivity contribution is 6.33. The van der Waals surface area contributed by atoms with Crippen molar-refractivity contribution in [3.63, 3.8) is 0 Å². The summed E-state index contributed by atoms with van der Waals surface area (Å²) < 4.78 is 5.21. The van der Waals surface area contributed by atoms with Gasteiger partial charge in [0.1, 0.15) is 0 Å². The Bertz CT molecular complexity index is 540. The maximum Gasteiger partial charge on any atom is 0.259 e. The number of hydrogen-bond acceptors (Lipinski definition) is 3. The molecule has 0 aliphatic carbocycles. The molecule has 18 heavy (non-hydrogen) atoms. The summed E-state index contributed by atoms with van der Waals surface area (Å²) in [7, 11) is 0. The fraction of sp³-hybridized carbons (Fsp3) is 0.385. The Morgan fingerprint density at radius 1 is 1.39 bits per heavy atom. The van der Waals surface area contributed by atoms with Crippen molar-refractivity contribution >= 4 is 23.2 Å². The summed E-state index contributed by atoms with van der Waals surface area (Å²) in [4.78, 5) is 4.30. The Morgan fingerprint density at radius 2 is 2.17 bits per heavy atom. The van der Waals surface area contributed by atoms with E-state index in [0.29, 0.717) is 16.7 Å². The Labute approximate surface area is 116 Å². The minimum absolute atomic E-state index is 0.211. The van der Waals surface area contributed by atoms with Gasteiger partial charge < -0.3 is 4.52 Å². The van der Waals surface area contributed by atoms with Crippen LogP contribution in [0.1, 0.15) is 36.5 Å². The topological polar surface area (TPSA) is 38.9 Å². The van der Waals surface area contributed by atoms with Gasteiger partial charge in [-0.25, -0.2) is 0 Å². The van der Waals surface area contributed by atoms with Crippen LogP contribution in [0.25, 0.3) is 11.5 Å². The third-order valence-corrected chi connectivity index (χ3v) is 3.35. The van der Waals surface area contributed by atoms with E-state index >= 15 is 0 Å². The van der Waals surface area contributed by atoms with Crippen LogP contribution in [0.4, 0.5) is 0 Å². The molecule has 2 rings (SSSR count). The SMILES string of the molecule is CCCC(Cl)c1noc(-c2ccc(C)cc2Cl)n1. The van der Waals surface area contributed by atoms with E-state index in [9.17, 15) is 0 Å². The van der Waals surface area contributed by atoms with Gasteiger partial charge in [0.25, 0.3) is 5.89 Å². The van der Waals surface area contributed by atoms with Gasteiger partial charge in [0.05, 0.1) is 16.0 Å². The van der Waals surface area contributed by atoms with E-state index in [1.807, 2.05) is 25.1 Å². The average molecular weight is 285 g/mol. The Kier molecular flexibility index (Phi) is 4.25. The molecule has 1 heterocycles. The van der Waals surface area contributed by atoms with Gasteiger partial charge in [0.2, 0.25) is 0 Å². The summed E-state index contributed by atoms with van der Waals surface area (Å²) in [5.41, 5.74) is 1.83. The highest BCUT2D eigenvalue weighted by atomic mass is 35.5. The summed E-state index contributed by atoms with van der Waals surface area (Å²) in [5.74, 6) is 0.932. The number of nitrogens with zero attached hydrogens (tertiary/aromatic N) is 2. The van der Waals surface area contributed by atoms with Crippen LogP contribution in [-0.4, -0.2) is 10.1 Å². The van der Waals surface area contributed by atoms with Crippen LogP contribution < -0.4 is 0 Å². The standard InChI is InChI=1S/C13H14Cl2N2O/c1-3-4-10(14)12-16-13(18-17-12)9-6-5-8(2)7-11(9)15/h5-7,10H,3-4H2,1-2H3. The van der Waals surface area contributed by atoms with Gasteiger partial charge in [-0.3, -0.25) is 0 Å². The number of rotatable bonds is 4. The molecule has 0 saturated heterocycles. The predicted octanol–water partition coefficient (Wildman–Crippen LogP) is 4.78. The first kappa shape index (κ1) is 13.4. The highest BCUT2D eigenvalue weighted by Crippen LogP contribution is 2.30. The summed E-state index contributed by atoms with van der Waals surface area (Å²) in [6.07, 6.45) is 1.80. The van der Waals surface area contributed by atoms with E-state index in [1.54, 1.807) is 0 Å². The molecule has 1 aromatic carbocycles. The maximum absolute atomic E-state index is 6.15. The minimum Gasteiger partial charge on any atom is -0.334 e. The largest absolute Gasteiger partial charge is 0.334 e. The molecule has 0 fully saturated rings. The first-order chi connectivity index (χ1) is 8.61. The molecule has 0 N–H and O–H groups in total. The van der Waals surface area contributed by atoms with E-state index in [0.717, 1.165) is 24.0 Å². The van der Waals surface area contributed by atoms with Crippen molar-refractivity contribution in [2.45, 2.75) is 32.1 Å². The van der Waals surface area contributed by atoms with Gasteiger partial charge in [-0.2, -0.15) is 4.98 Å². The van der Waals surface area contributed by atoms with E-state index < -0.39 is 0 Å². The van der Waals surface area contributed by atoms with Crippen molar-refractivity contribution in [3.8, 4) is 11.5 Å². The fourth-order valence-corrected chi connectivity index (χ4v) is 2.27. The second-order valence-corrected chi connectivity index (χ2v) is 5.13. The fourth-order valence-electron chi connectivity index (χ4n) is 1.65. The lowest BCUT2D eigenvalue weighted by Crippen LogP contribution is -1.92. The molecule has 96 valence electrons. The molecular formula is C13H14Cl2N2O. The molecule has 0 aliphatic rings. The zero-order chi connectivity index (χ0) is 13.1. The van der Waals surface area contributed by atoms with Crippen LogP contribution >= 0.6 is 23.2 Å². The lowest BCUT2D eigenvalue weighted by atomic mass is 10.1. The molecule has 0 amide bonds. The van der Waals surface area contributed by atoms with Gasteiger partial charge in [0, 0.05) is 0 Å². The van der Waals surface area contributed by atoms with Gasteiger partial charge in [-0.05, 0) is 31.0 Å². The number of aromatic nitrogens is 2. The number of benzene rings is 1. The molecule has 2 aromatic rings. The lowest BCUT2D eigenvalue weighted by molar-refractivity contribution is 0.420. The number of halogens is 2. The first-order valence-electron chi connectivity index (χ1n) is 5.86. The highest BCUT2D eigenvalue weighted by Gasteiger charge is 2.17. The monoisotopic (exact) mass is 284 g/mol. The van der Waals surface area contributed by atoms with Crippen LogP contribution in [0.3, 0.4) is 0 Å². The van der Waals surface area contributed by atoms with E-state index in [2.05, 4.69) is 17.1 Å². The lowest BCUT2D eigenvalue weighted by Gasteiger charge is -2.00. The molecule has 0 radical (unpaired) electrons. The summed E-state index contributed by atoms with van der Waals surface area (Å²) in [6, 6.07) is 5.69.